The monoisotopic (exact) mass is 442 g/mol. The van der Waals surface area contributed by atoms with Gasteiger partial charge in [0.1, 0.15) is 0 Å². The lowest BCUT2D eigenvalue weighted by Gasteiger charge is -2.35. The van der Waals surface area contributed by atoms with Crippen LogP contribution in [0.3, 0.4) is 0 Å². The number of piperidine rings is 1. The maximum absolute atomic E-state index is 12.6. The number of nitrogens with one attached hydrogen (secondary N) is 2. The summed E-state index contributed by atoms with van der Waals surface area (Å²) in [5.74, 6) is -0.0625. The van der Waals surface area contributed by atoms with Gasteiger partial charge in [-0.2, -0.15) is 0 Å². The molecule has 2 heterocycles. The lowest BCUT2D eigenvalue weighted by Crippen LogP contribution is -2.46. The molecule has 5 heteroatoms. The first-order valence-electron chi connectivity index (χ1n) is 11.9. The van der Waals surface area contributed by atoms with Crippen LogP contribution in [-0.2, 0) is 6.42 Å². The number of benzene rings is 2. The third kappa shape index (κ3) is 6.20. The molecule has 0 saturated carbocycles. The van der Waals surface area contributed by atoms with E-state index in [1.165, 1.54) is 11.3 Å². The van der Waals surface area contributed by atoms with Gasteiger partial charge in [0.25, 0.3) is 5.91 Å². The number of aryl methyl sites for hydroxylation is 2. The van der Waals surface area contributed by atoms with Crippen molar-refractivity contribution >= 4 is 17.3 Å². The molecule has 2 aromatic carbocycles. The molecule has 172 valence electrons. The number of anilines is 2. The number of carbonyl (C=O) groups excluding carboxylic acids is 1. The smallest absolute Gasteiger partial charge is 0.255 e. The molecule has 0 spiro atoms. The van der Waals surface area contributed by atoms with Crippen molar-refractivity contribution in [2.24, 2.45) is 0 Å². The first-order chi connectivity index (χ1) is 16.0. The van der Waals surface area contributed by atoms with Gasteiger partial charge >= 0.3 is 0 Å². The van der Waals surface area contributed by atoms with E-state index < -0.39 is 0 Å². The number of rotatable bonds is 7. The average molecular weight is 443 g/mol. The zero-order chi connectivity index (χ0) is 23.2. The second-order valence-electron chi connectivity index (χ2n) is 9.21. The zero-order valence-corrected chi connectivity index (χ0v) is 19.8. The van der Waals surface area contributed by atoms with Gasteiger partial charge in [-0.1, -0.05) is 23.8 Å². The van der Waals surface area contributed by atoms with Crippen molar-refractivity contribution < 1.29 is 4.79 Å². The van der Waals surface area contributed by atoms with Gasteiger partial charge < -0.3 is 15.5 Å². The molecule has 1 aromatic heterocycles. The molecule has 3 aromatic rings. The normalized spacial score (nSPS) is 15.3. The minimum absolute atomic E-state index is 0.0625. The number of carbonyl (C=O) groups is 1. The van der Waals surface area contributed by atoms with Crippen LogP contribution in [0.15, 0.2) is 67.0 Å². The van der Waals surface area contributed by atoms with E-state index >= 15 is 0 Å². The summed E-state index contributed by atoms with van der Waals surface area (Å²) in [5, 5.41) is 6.82. The lowest BCUT2D eigenvalue weighted by molar-refractivity contribution is 0.102. The van der Waals surface area contributed by atoms with Crippen molar-refractivity contribution in [3.8, 4) is 0 Å². The first-order valence-corrected chi connectivity index (χ1v) is 11.9. The molecule has 0 unspecified atom stereocenters. The molecule has 1 aliphatic rings. The molecule has 1 atom stereocenters. The highest BCUT2D eigenvalue weighted by atomic mass is 16.1. The summed E-state index contributed by atoms with van der Waals surface area (Å²) in [7, 11) is 0. The Morgan fingerprint density at radius 2 is 1.85 bits per heavy atom. The van der Waals surface area contributed by atoms with Crippen molar-refractivity contribution in [3.63, 3.8) is 0 Å². The van der Waals surface area contributed by atoms with Crippen LogP contribution in [0.4, 0.5) is 11.4 Å². The Labute approximate surface area is 197 Å². The summed E-state index contributed by atoms with van der Waals surface area (Å²) >= 11 is 0. The van der Waals surface area contributed by atoms with E-state index in [-0.39, 0.29) is 5.91 Å². The Morgan fingerprint density at radius 1 is 1.09 bits per heavy atom. The van der Waals surface area contributed by atoms with Crippen LogP contribution in [0.25, 0.3) is 0 Å². The van der Waals surface area contributed by atoms with Crippen LogP contribution in [0.5, 0.6) is 0 Å². The fraction of sp³-hybridized carbons (Fsp3) is 0.357. The highest BCUT2D eigenvalue weighted by molar-refractivity contribution is 6.05. The van der Waals surface area contributed by atoms with E-state index in [4.69, 9.17) is 0 Å². The summed E-state index contributed by atoms with van der Waals surface area (Å²) in [5.41, 5.74) is 6.19. The fourth-order valence-electron chi connectivity index (χ4n) is 4.66. The van der Waals surface area contributed by atoms with Gasteiger partial charge in [-0.3, -0.25) is 9.78 Å². The third-order valence-corrected chi connectivity index (χ3v) is 6.40. The molecular weight excluding hydrogens is 408 g/mol. The second-order valence-corrected chi connectivity index (χ2v) is 9.21. The average Bonchev–Trinajstić information content (AvgIpc) is 2.80. The van der Waals surface area contributed by atoms with Gasteiger partial charge in [0.2, 0.25) is 0 Å². The topological polar surface area (TPSA) is 57.3 Å². The molecule has 0 bridgehead atoms. The molecule has 1 aliphatic heterocycles. The van der Waals surface area contributed by atoms with Gasteiger partial charge in [0, 0.05) is 54.5 Å². The fourth-order valence-corrected chi connectivity index (χ4v) is 4.66. The van der Waals surface area contributed by atoms with E-state index in [0.717, 1.165) is 54.7 Å². The molecule has 5 nitrogen and oxygen atoms in total. The van der Waals surface area contributed by atoms with Crippen LogP contribution in [0.1, 0.15) is 46.8 Å². The summed E-state index contributed by atoms with van der Waals surface area (Å²) in [6.07, 6.45) is 7.03. The molecular formula is C28H34N4O. The van der Waals surface area contributed by atoms with Gasteiger partial charge in [0.15, 0.2) is 0 Å². The first kappa shape index (κ1) is 23.0. The predicted molar refractivity (Wildman–Crippen MR) is 136 cm³/mol. The standard InChI is InChI=1S/C28H34N4O/c1-20-6-11-27(21(2)17-20)28(33)31-24-7-9-26(10-8-24)32-15-12-25(13-16-32)30-22(3)18-23-5-4-14-29-19-23/h4-11,14,17,19,22,25,30H,12-13,15-16,18H2,1-3H3,(H,31,33)/t22-/m1/s1. The molecule has 1 amide bonds. The third-order valence-electron chi connectivity index (χ3n) is 6.40. The Balaban J connectivity index is 1.26. The molecule has 0 aliphatic carbocycles. The number of pyridine rings is 1. The summed E-state index contributed by atoms with van der Waals surface area (Å²) in [6.45, 7) is 8.33. The summed E-state index contributed by atoms with van der Waals surface area (Å²) in [4.78, 5) is 19.3. The summed E-state index contributed by atoms with van der Waals surface area (Å²) < 4.78 is 0. The number of hydrogen-bond donors (Lipinski definition) is 2. The van der Waals surface area contributed by atoms with Crippen LogP contribution < -0.4 is 15.5 Å². The minimum Gasteiger partial charge on any atom is -0.371 e. The number of nitrogens with zero attached hydrogens (tertiary/aromatic N) is 2. The van der Waals surface area contributed by atoms with Crippen molar-refractivity contribution in [3.05, 3.63) is 89.2 Å². The molecule has 33 heavy (non-hydrogen) atoms. The van der Waals surface area contributed by atoms with E-state index in [9.17, 15) is 4.79 Å². The number of hydrogen-bond acceptors (Lipinski definition) is 4. The van der Waals surface area contributed by atoms with Crippen molar-refractivity contribution in [2.45, 2.75) is 52.1 Å². The zero-order valence-electron chi connectivity index (χ0n) is 19.8. The van der Waals surface area contributed by atoms with Gasteiger partial charge in [-0.05, 0) is 87.6 Å². The molecule has 0 radical (unpaired) electrons. The lowest BCUT2D eigenvalue weighted by atomic mass is 10.0. The van der Waals surface area contributed by atoms with Crippen molar-refractivity contribution in [2.75, 3.05) is 23.3 Å². The quantitative estimate of drug-likeness (QED) is 0.532. The molecule has 2 N–H and O–H groups in total. The highest BCUT2D eigenvalue weighted by Gasteiger charge is 2.21. The van der Waals surface area contributed by atoms with Crippen molar-refractivity contribution in [1.82, 2.24) is 10.3 Å². The van der Waals surface area contributed by atoms with Crippen molar-refractivity contribution in [1.29, 1.82) is 0 Å². The van der Waals surface area contributed by atoms with Crippen LogP contribution in [-0.4, -0.2) is 36.1 Å². The predicted octanol–water partition coefficient (Wildman–Crippen LogP) is 5.14. The Morgan fingerprint density at radius 3 is 2.52 bits per heavy atom. The Hall–Kier alpha value is -3.18. The molecule has 1 saturated heterocycles. The minimum atomic E-state index is -0.0625. The van der Waals surface area contributed by atoms with E-state index in [1.54, 1.807) is 0 Å². The van der Waals surface area contributed by atoms with Gasteiger partial charge in [-0.25, -0.2) is 0 Å². The van der Waals surface area contributed by atoms with E-state index in [2.05, 4.69) is 45.6 Å². The van der Waals surface area contributed by atoms with E-state index in [0.29, 0.717) is 12.1 Å². The summed E-state index contributed by atoms with van der Waals surface area (Å²) in [6, 6.07) is 19.2. The Bertz CT molecular complexity index is 1060. The number of aromatic nitrogens is 1. The van der Waals surface area contributed by atoms with Crippen LogP contribution >= 0.6 is 0 Å². The molecule has 4 rings (SSSR count). The molecule has 1 fully saturated rings. The van der Waals surface area contributed by atoms with Crippen LogP contribution in [0, 0.1) is 13.8 Å². The van der Waals surface area contributed by atoms with Gasteiger partial charge in [0.05, 0.1) is 0 Å². The largest absolute Gasteiger partial charge is 0.371 e. The van der Waals surface area contributed by atoms with Crippen LogP contribution in [0.2, 0.25) is 0 Å². The van der Waals surface area contributed by atoms with Gasteiger partial charge in [-0.15, -0.1) is 0 Å². The SMILES string of the molecule is Cc1ccc(C(=O)Nc2ccc(N3CCC(N[C@H](C)Cc4cccnc4)CC3)cc2)c(C)c1. The second kappa shape index (κ2) is 10.6. The highest BCUT2D eigenvalue weighted by Crippen LogP contribution is 2.23. The Kier molecular flexibility index (Phi) is 7.40. The van der Waals surface area contributed by atoms with E-state index in [1.807, 2.05) is 62.6 Å². The maximum atomic E-state index is 12.6. The number of amides is 1. The maximum Gasteiger partial charge on any atom is 0.255 e.